The quantitative estimate of drug-likeness (QED) is 0.431. The molecule has 3 aromatic rings. The molecule has 0 radical (unpaired) electrons. The first kappa shape index (κ1) is 24.6. The van der Waals surface area contributed by atoms with Crippen molar-refractivity contribution >= 4 is 28.6 Å². The van der Waals surface area contributed by atoms with Crippen LogP contribution in [0.3, 0.4) is 0 Å². The summed E-state index contributed by atoms with van der Waals surface area (Å²) in [4.78, 5) is 24.4. The van der Waals surface area contributed by atoms with Crippen LogP contribution in [0.1, 0.15) is 67.8 Å². The maximum Gasteiger partial charge on any atom is 0.251 e. The Balaban J connectivity index is 1.16. The molecule has 1 aliphatic heterocycles. The normalized spacial score (nSPS) is 17.9. The number of amides is 1. The molecule has 9 nitrogen and oxygen atoms in total. The number of rotatable bonds is 9. The molecule has 9 heteroatoms. The first-order valence-electron chi connectivity index (χ1n) is 13.3. The number of likely N-dealkylation sites (tertiary alicyclic amines) is 1. The SMILES string of the molecule is COCCCN1CCC(NC(=O)c2ccc(Nc3ncc4cnn(C5CCCCC5)c4n3)cc2)CC1. The summed E-state index contributed by atoms with van der Waals surface area (Å²) in [6.07, 6.45) is 12.8. The molecule has 36 heavy (non-hydrogen) atoms. The fourth-order valence-electron chi connectivity index (χ4n) is 5.33. The average Bonchev–Trinajstić information content (AvgIpc) is 3.34. The van der Waals surface area contributed by atoms with Gasteiger partial charge in [-0.3, -0.25) is 4.79 Å². The van der Waals surface area contributed by atoms with Gasteiger partial charge in [-0.2, -0.15) is 10.1 Å². The highest BCUT2D eigenvalue weighted by Crippen LogP contribution is 2.30. The summed E-state index contributed by atoms with van der Waals surface area (Å²) < 4.78 is 7.21. The Hall–Kier alpha value is -3.04. The second-order valence-corrected chi connectivity index (χ2v) is 9.99. The highest BCUT2D eigenvalue weighted by Gasteiger charge is 2.21. The molecule has 1 amide bonds. The van der Waals surface area contributed by atoms with E-state index < -0.39 is 0 Å². The third-order valence-corrected chi connectivity index (χ3v) is 7.40. The van der Waals surface area contributed by atoms with Gasteiger partial charge in [-0.05, 0) is 56.4 Å². The van der Waals surface area contributed by atoms with Crippen LogP contribution in [0.25, 0.3) is 11.0 Å². The molecule has 2 aliphatic rings. The van der Waals surface area contributed by atoms with Gasteiger partial charge in [0, 0.05) is 56.8 Å². The lowest BCUT2D eigenvalue weighted by Crippen LogP contribution is -2.44. The number of nitrogens with one attached hydrogen (secondary N) is 2. The Labute approximate surface area is 212 Å². The van der Waals surface area contributed by atoms with E-state index in [9.17, 15) is 4.79 Å². The molecule has 1 aromatic carbocycles. The van der Waals surface area contributed by atoms with Crippen LogP contribution in [-0.4, -0.2) is 69.9 Å². The number of carbonyl (C=O) groups excluding carboxylic acids is 1. The number of nitrogens with zero attached hydrogens (tertiary/aromatic N) is 5. The fourth-order valence-corrected chi connectivity index (χ4v) is 5.33. The van der Waals surface area contributed by atoms with Gasteiger partial charge in [0.2, 0.25) is 5.95 Å². The molecule has 3 heterocycles. The van der Waals surface area contributed by atoms with Gasteiger partial charge in [0.25, 0.3) is 5.91 Å². The van der Waals surface area contributed by atoms with Crippen LogP contribution in [0.4, 0.5) is 11.6 Å². The average molecular weight is 492 g/mol. The van der Waals surface area contributed by atoms with Gasteiger partial charge >= 0.3 is 0 Å². The van der Waals surface area contributed by atoms with Crippen molar-refractivity contribution in [3.05, 3.63) is 42.2 Å². The van der Waals surface area contributed by atoms with Crippen molar-refractivity contribution in [1.29, 1.82) is 0 Å². The van der Waals surface area contributed by atoms with E-state index in [1.807, 2.05) is 36.7 Å². The molecule has 1 saturated heterocycles. The van der Waals surface area contributed by atoms with Gasteiger partial charge in [0.1, 0.15) is 0 Å². The van der Waals surface area contributed by atoms with Crippen molar-refractivity contribution in [2.45, 2.75) is 63.5 Å². The van der Waals surface area contributed by atoms with Gasteiger partial charge in [-0.15, -0.1) is 0 Å². The van der Waals surface area contributed by atoms with Crippen LogP contribution in [0.2, 0.25) is 0 Å². The smallest absolute Gasteiger partial charge is 0.251 e. The number of hydrogen-bond donors (Lipinski definition) is 2. The highest BCUT2D eigenvalue weighted by atomic mass is 16.5. The van der Waals surface area contributed by atoms with E-state index in [1.54, 1.807) is 7.11 Å². The van der Waals surface area contributed by atoms with Crippen LogP contribution < -0.4 is 10.6 Å². The minimum atomic E-state index is -0.0200. The van der Waals surface area contributed by atoms with Crippen LogP contribution in [-0.2, 0) is 4.74 Å². The molecule has 0 atom stereocenters. The Morgan fingerprint density at radius 1 is 1.06 bits per heavy atom. The first-order chi connectivity index (χ1) is 17.7. The van der Waals surface area contributed by atoms with Crippen molar-refractivity contribution in [3.63, 3.8) is 0 Å². The summed E-state index contributed by atoms with van der Waals surface area (Å²) in [6.45, 7) is 3.89. The summed E-state index contributed by atoms with van der Waals surface area (Å²) in [6, 6.07) is 8.14. The van der Waals surface area contributed by atoms with Crippen LogP contribution in [0, 0.1) is 0 Å². The first-order valence-corrected chi connectivity index (χ1v) is 13.3. The lowest BCUT2D eigenvalue weighted by molar-refractivity contribution is 0.0907. The topological polar surface area (TPSA) is 97.2 Å². The molecule has 0 spiro atoms. The molecule has 192 valence electrons. The summed E-state index contributed by atoms with van der Waals surface area (Å²) in [5, 5.41) is 12.0. The molecule has 5 rings (SSSR count). The maximum absolute atomic E-state index is 12.8. The monoisotopic (exact) mass is 491 g/mol. The van der Waals surface area contributed by atoms with E-state index in [0.717, 1.165) is 75.1 Å². The summed E-state index contributed by atoms with van der Waals surface area (Å²) >= 11 is 0. The zero-order valence-corrected chi connectivity index (χ0v) is 21.2. The van der Waals surface area contributed by atoms with Gasteiger partial charge in [0.15, 0.2) is 5.65 Å². The number of carbonyl (C=O) groups is 1. The standard InChI is InChI=1S/C27H37N7O2/c1-36-17-5-14-33-15-12-23(13-16-33)30-26(35)20-8-10-22(11-9-20)31-27-28-18-21-19-29-34(25(21)32-27)24-6-3-2-4-7-24/h8-11,18-19,23-24H,2-7,12-17H2,1H3,(H,30,35)(H,28,31,32). The van der Waals surface area contributed by atoms with Gasteiger partial charge in [-0.1, -0.05) is 19.3 Å². The zero-order chi connectivity index (χ0) is 24.7. The lowest BCUT2D eigenvalue weighted by atomic mass is 9.96. The number of fused-ring (bicyclic) bond motifs is 1. The van der Waals surface area contributed by atoms with Crippen molar-refractivity contribution < 1.29 is 9.53 Å². The number of ether oxygens (including phenoxy) is 1. The van der Waals surface area contributed by atoms with Crippen LogP contribution in [0.15, 0.2) is 36.7 Å². The van der Waals surface area contributed by atoms with E-state index in [0.29, 0.717) is 17.6 Å². The highest BCUT2D eigenvalue weighted by molar-refractivity contribution is 5.94. The Kier molecular flexibility index (Phi) is 8.08. The van der Waals surface area contributed by atoms with Crippen molar-refractivity contribution in [3.8, 4) is 0 Å². The summed E-state index contributed by atoms with van der Waals surface area (Å²) in [5.74, 6) is 0.517. The minimum absolute atomic E-state index is 0.0200. The number of benzene rings is 1. The molecular weight excluding hydrogens is 454 g/mol. The number of hydrogen-bond acceptors (Lipinski definition) is 7. The number of piperidine rings is 1. The van der Waals surface area contributed by atoms with Crippen LogP contribution in [0.5, 0.6) is 0 Å². The lowest BCUT2D eigenvalue weighted by Gasteiger charge is -2.32. The Bertz CT molecular complexity index is 1130. The van der Waals surface area contributed by atoms with Crippen molar-refractivity contribution in [1.82, 2.24) is 30.0 Å². The molecule has 2 N–H and O–H groups in total. The summed E-state index contributed by atoms with van der Waals surface area (Å²) in [5.41, 5.74) is 2.38. The third-order valence-electron chi connectivity index (χ3n) is 7.40. The summed E-state index contributed by atoms with van der Waals surface area (Å²) in [7, 11) is 1.74. The number of anilines is 2. The van der Waals surface area contributed by atoms with Gasteiger partial charge < -0.3 is 20.3 Å². The number of methoxy groups -OCH3 is 1. The molecule has 1 saturated carbocycles. The minimum Gasteiger partial charge on any atom is -0.385 e. The Morgan fingerprint density at radius 3 is 2.58 bits per heavy atom. The van der Waals surface area contributed by atoms with E-state index in [2.05, 4.69) is 30.3 Å². The predicted molar refractivity (Wildman–Crippen MR) is 141 cm³/mol. The van der Waals surface area contributed by atoms with E-state index >= 15 is 0 Å². The zero-order valence-electron chi connectivity index (χ0n) is 21.2. The molecule has 0 unspecified atom stereocenters. The second-order valence-electron chi connectivity index (χ2n) is 9.99. The fraction of sp³-hybridized carbons (Fsp3) is 0.556. The Morgan fingerprint density at radius 2 is 1.83 bits per heavy atom. The van der Waals surface area contributed by atoms with Crippen LogP contribution >= 0.6 is 0 Å². The van der Waals surface area contributed by atoms with Gasteiger partial charge in [0.05, 0.1) is 17.6 Å². The van der Waals surface area contributed by atoms with E-state index in [-0.39, 0.29) is 11.9 Å². The number of aromatic nitrogens is 4. The molecular formula is C27H37N7O2. The largest absolute Gasteiger partial charge is 0.385 e. The van der Waals surface area contributed by atoms with E-state index in [4.69, 9.17) is 9.72 Å². The van der Waals surface area contributed by atoms with Crippen molar-refractivity contribution in [2.75, 3.05) is 38.7 Å². The molecule has 2 fully saturated rings. The third kappa shape index (κ3) is 6.02. The maximum atomic E-state index is 12.8. The van der Waals surface area contributed by atoms with Crippen molar-refractivity contribution in [2.24, 2.45) is 0 Å². The second kappa shape index (κ2) is 11.8. The predicted octanol–water partition coefficient (Wildman–Crippen LogP) is 4.31. The molecule has 0 bridgehead atoms. The van der Waals surface area contributed by atoms with Gasteiger partial charge in [-0.25, -0.2) is 9.67 Å². The molecule has 2 aromatic heterocycles. The molecule has 1 aliphatic carbocycles. The van der Waals surface area contributed by atoms with E-state index in [1.165, 1.54) is 19.3 Å².